The van der Waals surface area contributed by atoms with Crippen LogP contribution in [0.15, 0.2) is 0 Å². The average Bonchev–Trinajstić information content (AvgIpc) is 2.89. The molecule has 1 aliphatic carbocycles. The van der Waals surface area contributed by atoms with Crippen molar-refractivity contribution in [2.24, 2.45) is 5.41 Å². The molecule has 2 rings (SSSR count). The highest BCUT2D eigenvalue weighted by Gasteiger charge is 2.42. The lowest BCUT2D eigenvalue weighted by molar-refractivity contribution is 0.182. The minimum Gasteiger partial charge on any atom is -0.304 e. The summed E-state index contributed by atoms with van der Waals surface area (Å²) >= 11 is 4.49. The van der Waals surface area contributed by atoms with Gasteiger partial charge in [0.05, 0.1) is 0 Å². The van der Waals surface area contributed by atoms with E-state index in [9.17, 15) is 0 Å². The topological polar surface area (TPSA) is 6.48 Å². The van der Waals surface area contributed by atoms with Gasteiger partial charge in [0.1, 0.15) is 0 Å². The van der Waals surface area contributed by atoms with E-state index in [-0.39, 0.29) is 0 Å². The molecule has 0 amide bonds. The van der Waals surface area contributed by atoms with Crippen molar-refractivity contribution in [2.75, 3.05) is 39.0 Å². The van der Waals surface area contributed by atoms with Gasteiger partial charge in [-0.05, 0) is 57.0 Å². The second-order valence-electron chi connectivity index (χ2n) is 5.78. The number of hydrogen-bond acceptors (Lipinski definition) is 3. The number of likely N-dealkylation sites (N-methyl/N-ethyl adjacent to an activating group) is 2. The molecule has 16 heavy (non-hydrogen) atoms. The van der Waals surface area contributed by atoms with Crippen LogP contribution in [0, 0.1) is 5.41 Å². The molecule has 1 aliphatic heterocycles. The van der Waals surface area contributed by atoms with Gasteiger partial charge >= 0.3 is 0 Å². The highest BCUT2D eigenvalue weighted by molar-refractivity contribution is 7.80. The first-order chi connectivity index (χ1) is 7.69. The Morgan fingerprint density at radius 2 is 2.19 bits per heavy atom. The van der Waals surface area contributed by atoms with Crippen molar-refractivity contribution in [1.82, 2.24) is 9.80 Å². The summed E-state index contributed by atoms with van der Waals surface area (Å²) in [6.07, 6.45) is 5.57. The number of nitrogens with zero attached hydrogens (tertiary/aromatic N) is 2. The van der Waals surface area contributed by atoms with Crippen LogP contribution in [-0.2, 0) is 0 Å². The molecule has 1 atom stereocenters. The van der Waals surface area contributed by atoms with Gasteiger partial charge in [-0.15, -0.1) is 0 Å². The predicted octanol–water partition coefficient (Wildman–Crippen LogP) is 2.11. The zero-order valence-electron chi connectivity index (χ0n) is 10.8. The minimum atomic E-state index is 0.577. The third kappa shape index (κ3) is 2.93. The fourth-order valence-electron chi connectivity index (χ4n) is 3.06. The van der Waals surface area contributed by atoms with Gasteiger partial charge in [-0.3, -0.25) is 4.90 Å². The van der Waals surface area contributed by atoms with Crippen molar-refractivity contribution in [3.63, 3.8) is 0 Å². The second kappa shape index (κ2) is 5.28. The maximum Gasteiger partial charge on any atom is 0.0223 e. The summed E-state index contributed by atoms with van der Waals surface area (Å²) in [6.45, 7) is 7.32. The lowest BCUT2D eigenvalue weighted by atomic mass is 10.1. The average molecular weight is 242 g/mol. The summed E-state index contributed by atoms with van der Waals surface area (Å²) in [5.41, 5.74) is 0.577. The minimum absolute atomic E-state index is 0.577. The lowest BCUT2D eigenvalue weighted by Gasteiger charge is -2.29. The predicted molar refractivity (Wildman–Crippen MR) is 73.3 cm³/mol. The van der Waals surface area contributed by atoms with Crippen LogP contribution >= 0.6 is 12.6 Å². The fraction of sp³-hybridized carbons (Fsp3) is 1.00. The van der Waals surface area contributed by atoms with E-state index in [1.165, 1.54) is 51.9 Å². The van der Waals surface area contributed by atoms with Crippen LogP contribution in [0.2, 0.25) is 0 Å². The molecule has 1 saturated heterocycles. The first-order valence-electron chi connectivity index (χ1n) is 6.72. The van der Waals surface area contributed by atoms with Crippen molar-refractivity contribution < 1.29 is 0 Å². The second-order valence-corrected chi connectivity index (χ2v) is 6.10. The van der Waals surface area contributed by atoms with Gasteiger partial charge in [-0.25, -0.2) is 0 Å². The van der Waals surface area contributed by atoms with Gasteiger partial charge in [0, 0.05) is 19.1 Å². The number of rotatable bonds is 6. The van der Waals surface area contributed by atoms with Crippen LogP contribution < -0.4 is 0 Å². The van der Waals surface area contributed by atoms with Crippen LogP contribution in [0.4, 0.5) is 0 Å². The van der Waals surface area contributed by atoms with Crippen molar-refractivity contribution in [3.05, 3.63) is 0 Å². The normalized spacial score (nSPS) is 28.9. The van der Waals surface area contributed by atoms with Crippen molar-refractivity contribution >= 4 is 12.6 Å². The van der Waals surface area contributed by atoms with Gasteiger partial charge in [0.2, 0.25) is 0 Å². The van der Waals surface area contributed by atoms with Crippen LogP contribution in [0.1, 0.15) is 32.6 Å². The smallest absolute Gasteiger partial charge is 0.0223 e. The molecule has 2 fully saturated rings. The molecule has 0 aromatic rings. The van der Waals surface area contributed by atoms with Crippen molar-refractivity contribution in [3.8, 4) is 0 Å². The Morgan fingerprint density at radius 1 is 1.44 bits per heavy atom. The Bertz CT molecular complexity index is 228. The third-order valence-corrected chi connectivity index (χ3v) is 5.00. The fourth-order valence-corrected chi connectivity index (χ4v) is 3.47. The molecule has 2 nitrogen and oxygen atoms in total. The van der Waals surface area contributed by atoms with Crippen LogP contribution in [-0.4, -0.2) is 54.8 Å². The molecule has 1 unspecified atom stereocenters. The molecule has 2 aliphatic rings. The Hall–Kier alpha value is 0.270. The van der Waals surface area contributed by atoms with Crippen molar-refractivity contribution in [1.29, 1.82) is 0 Å². The maximum atomic E-state index is 4.49. The van der Waals surface area contributed by atoms with E-state index >= 15 is 0 Å². The van der Waals surface area contributed by atoms with E-state index < -0.39 is 0 Å². The summed E-state index contributed by atoms with van der Waals surface area (Å²) in [4.78, 5) is 5.18. The number of likely N-dealkylation sites (tertiary alicyclic amines) is 1. The molecule has 0 aromatic carbocycles. The number of thiol groups is 1. The quantitative estimate of drug-likeness (QED) is 0.713. The van der Waals surface area contributed by atoms with E-state index in [1.807, 2.05) is 0 Å². The molecule has 0 spiro atoms. The summed E-state index contributed by atoms with van der Waals surface area (Å²) in [6, 6.07) is 0.811. The SMILES string of the molecule is CCN1CCCC1CN(C)CC1(CS)CC1. The van der Waals surface area contributed by atoms with E-state index in [1.54, 1.807) is 0 Å². The van der Waals surface area contributed by atoms with E-state index in [2.05, 4.69) is 36.4 Å². The van der Waals surface area contributed by atoms with Gasteiger partial charge < -0.3 is 4.90 Å². The zero-order chi connectivity index (χ0) is 11.6. The zero-order valence-corrected chi connectivity index (χ0v) is 11.7. The molecule has 3 heteroatoms. The summed E-state index contributed by atoms with van der Waals surface area (Å²) in [5, 5.41) is 0. The van der Waals surface area contributed by atoms with Crippen molar-refractivity contribution in [2.45, 2.75) is 38.6 Å². The highest BCUT2D eigenvalue weighted by Crippen LogP contribution is 2.46. The Morgan fingerprint density at radius 3 is 2.75 bits per heavy atom. The Kier molecular flexibility index (Phi) is 4.20. The largest absolute Gasteiger partial charge is 0.304 e. The molecular formula is C13H26N2S. The summed E-state index contributed by atoms with van der Waals surface area (Å²) in [7, 11) is 2.29. The first-order valence-corrected chi connectivity index (χ1v) is 7.36. The third-order valence-electron chi connectivity index (χ3n) is 4.33. The summed E-state index contributed by atoms with van der Waals surface area (Å²) < 4.78 is 0. The maximum absolute atomic E-state index is 4.49. The molecule has 0 aromatic heterocycles. The molecule has 1 saturated carbocycles. The lowest BCUT2D eigenvalue weighted by Crippen LogP contribution is -2.40. The van der Waals surface area contributed by atoms with E-state index in [0.29, 0.717) is 5.41 Å². The van der Waals surface area contributed by atoms with Gasteiger partial charge in [0.25, 0.3) is 0 Å². The van der Waals surface area contributed by atoms with Gasteiger partial charge in [-0.1, -0.05) is 6.92 Å². The van der Waals surface area contributed by atoms with Crippen LogP contribution in [0.5, 0.6) is 0 Å². The Balaban J connectivity index is 1.76. The molecule has 0 N–H and O–H groups in total. The standard InChI is InChI=1S/C13H26N2S/c1-3-15-8-4-5-12(15)9-14(2)10-13(11-16)6-7-13/h12,16H,3-11H2,1-2H3. The highest BCUT2D eigenvalue weighted by atomic mass is 32.1. The monoisotopic (exact) mass is 242 g/mol. The number of hydrogen-bond donors (Lipinski definition) is 1. The van der Waals surface area contributed by atoms with Crippen LogP contribution in [0.3, 0.4) is 0 Å². The van der Waals surface area contributed by atoms with E-state index in [0.717, 1.165) is 11.8 Å². The molecule has 1 heterocycles. The summed E-state index contributed by atoms with van der Waals surface area (Å²) in [5.74, 6) is 1.07. The van der Waals surface area contributed by atoms with Gasteiger partial charge in [-0.2, -0.15) is 12.6 Å². The molecule has 0 bridgehead atoms. The van der Waals surface area contributed by atoms with Crippen LogP contribution in [0.25, 0.3) is 0 Å². The van der Waals surface area contributed by atoms with E-state index in [4.69, 9.17) is 0 Å². The molecule has 0 radical (unpaired) electrons. The first kappa shape index (κ1) is 12.7. The molecule has 94 valence electrons. The van der Waals surface area contributed by atoms with Gasteiger partial charge in [0.15, 0.2) is 0 Å². The Labute approximate surface area is 106 Å². The molecular weight excluding hydrogens is 216 g/mol.